The normalized spacial score (nSPS) is 9.89. The largest absolute Gasteiger partial charge is 0.399 e. The Balaban J connectivity index is 0.000000203. The molecule has 0 heterocycles. The molecule has 0 saturated heterocycles. The van der Waals surface area contributed by atoms with Gasteiger partial charge in [0.1, 0.15) is 0 Å². The molecule has 0 fully saturated rings. The number of hydrogen-bond acceptors (Lipinski definition) is 4. The van der Waals surface area contributed by atoms with Crippen LogP contribution in [0.5, 0.6) is 0 Å². The highest BCUT2D eigenvalue weighted by molar-refractivity contribution is 5.77. The SMILES string of the molecule is Cc1ccc(N(c2ccc(C)cc2)c2ccc(N)cc2)cc1.Cc1ccc(N)cc1.Cc1ccc(N)cc1. The minimum Gasteiger partial charge on any atom is -0.399 e. The molecule has 0 aliphatic heterocycles. The lowest BCUT2D eigenvalue weighted by molar-refractivity contribution is 1.27. The number of nitrogens with zero attached hydrogens (tertiary/aromatic N) is 1. The lowest BCUT2D eigenvalue weighted by atomic mass is 10.1. The van der Waals surface area contributed by atoms with Gasteiger partial charge in [-0.25, -0.2) is 0 Å². The average molecular weight is 503 g/mol. The molecule has 0 radical (unpaired) electrons. The van der Waals surface area contributed by atoms with Crippen LogP contribution in [0.2, 0.25) is 0 Å². The van der Waals surface area contributed by atoms with Crippen molar-refractivity contribution >= 4 is 34.1 Å². The first-order valence-corrected chi connectivity index (χ1v) is 12.6. The Kier molecular flexibility index (Phi) is 9.95. The molecule has 6 N–H and O–H groups in total. The van der Waals surface area contributed by atoms with Gasteiger partial charge < -0.3 is 22.1 Å². The minimum atomic E-state index is 0.775. The topological polar surface area (TPSA) is 81.3 Å². The van der Waals surface area contributed by atoms with Gasteiger partial charge in [-0.3, -0.25) is 0 Å². The highest BCUT2D eigenvalue weighted by Gasteiger charge is 2.11. The molecule has 5 aromatic rings. The molecule has 0 aliphatic carbocycles. The first kappa shape index (κ1) is 27.9. The monoisotopic (exact) mass is 502 g/mol. The highest BCUT2D eigenvalue weighted by Crippen LogP contribution is 2.34. The average Bonchev–Trinajstić information content (AvgIpc) is 2.92. The summed E-state index contributed by atoms with van der Waals surface area (Å²) < 4.78 is 0. The summed E-state index contributed by atoms with van der Waals surface area (Å²) in [5.41, 5.74) is 27.5. The van der Waals surface area contributed by atoms with Crippen LogP contribution in [0.15, 0.2) is 121 Å². The van der Waals surface area contributed by atoms with Crippen LogP contribution in [0.1, 0.15) is 22.3 Å². The summed E-state index contributed by atoms with van der Waals surface area (Å²) in [4.78, 5) is 2.23. The highest BCUT2D eigenvalue weighted by atomic mass is 15.1. The van der Waals surface area contributed by atoms with Crippen LogP contribution < -0.4 is 22.1 Å². The number of aryl methyl sites for hydroxylation is 4. The lowest BCUT2D eigenvalue weighted by Gasteiger charge is -2.25. The Bertz CT molecular complexity index is 1180. The molecule has 0 atom stereocenters. The Morgan fingerprint density at radius 1 is 0.316 bits per heavy atom. The van der Waals surface area contributed by atoms with Crippen LogP contribution in [0, 0.1) is 27.7 Å². The van der Waals surface area contributed by atoms with E-state index >= 15 is 0 Å². The summed E-state index contributed by atoms with van der Waals surface area (Å²) >= 11 is 0. The first-order valence-electron chi connectivity index (χ1n) is 12.6. The van der Waals surface area contributed by atoms with Gasteiger partial charge in [-0.1, -0.05) is 70.8 Å². The van der Waals surface area contributed by atoms with E-state index in [2.05, 4.69) is 79.4 Å². The van der Waals surface area contributed by atoms with Gasteiger partial charge in [0.25, 0.3) is 0 Å². The van der Waals surface area contributed by atoms with E-state index in [0.717, 1.165) is 34.1 Å². The molecule has 0 spiro atoms. The van der Waals surface area contributed by atoms with Crippen molar-refractivity contribution in [1.29, 1.82) is 0 Å². The molecule has 0 saturated carbocycles. The van der Waals surface area contributed by atoms with Crippen molar-refractivity contribution in [2.75, 3.05) is 22.1 Å². The van der Waals surface area contributed by atoms with E-state index in [1.165, 1.54) is 22.3 Å². The van der Waals surface area contributed by atoms with Crippen molar-refractivity contribution in [2.24, 2.45) is 0 Å². The van der Waals surface area contributed by atoms with E-state index < -0.39 is 0 Å². The van der Waals surface area contributed by atoms with Crippen LogP contribution in [0.3, 0.4) is 0 Å². The van der Waals surface area contributed by atoms with Crippen molar-refractivity contribution in [3.63, 3.8) is 0 Å². The Hall–Kier alpha value is -4.70. The number of hydrogen-bond donors (Lipinski definition) is 3. The van der Waals surface area contributed by atoms with E-state index in [0.29, 0.717) is 0 Å². The van der Waals surface area contributed by atoms with E-state index in [9.17, 15) is 0 Å². The molecule has 4 nitrogen and oxygen atoms in total. The number of nitrogen functional groups attached to an aromatic ring is 3. The minimum absolute atomic E-state index is 0.775. The zero-order chi connectivity index (χ0) is 27.5. The second kappa shape index (κ2) is 13.6. The Morgan fingerprint density at radius 2 is 0.500 bits per heavy atom. The van der Waals surface area contributed by atoms with Crippen LogP contribution in [-0.2, 0) is 0 Å². The third-order valence-electron chi connectivity index (χ3n) is 5.89. The van der Waals surface area contributed by atoms with Crippen molar-refractivity contribution < 1.29 is 0 Å². The van der Waals surface area contributed by atoms with E-state index in [1.54, 1.807) is 0 Å². The van der Waals surface area contributed by atoms with Crippen molar-refractivity contribution in [1.82, 2.24) is 0 Å². The third kappa shape index (κ3) is 8.75. The van der Waals surface area contributed by atoms with Gasteiger partial charge in [0.2, 0.25) is 0 Å². The van der Waals surface area contributed by atoms with Crippen molar-refractivity contribution in [3.8, 4) is 0 Å². The predicted molar refractivity (Wildman–Crippen MR) is 166 cm³/mol. The number of nitrogens with two attached hydrogens (primary N) is 3. The molecule has 5 aromatic carbocycles. The van der Waals surface area contributed by atoms with Gasteiger partial charge in [-0.15, -0.1) is 0 Å². The fourth-order valence-corrected chi connectivity index (χ4v) is 3.59. The molecule has 0 unspecified atom stereocenters. The van der Waals surface area contributed by atoms with Gasteiger partial charge in [0.15, 0.2) is 0 Å². The second-order valence-electron chi connectivity index (χ2n) is 9.42. The Morgan fingerprint density at radius 3 is 0.737 bits per heavy atom. The molecular weight excluding hydrogens is 464 g/mol. The van der Waals surface area contributed by atoms with Gasteiger partial charge in [0.05, 0.1) is 0 Å². The molecule has 4 heteroatoms. The first-order chi connectivity index (χ1) is 18.2. The maximum Gasteiger partial charge on any atom is 0.0463 e. The molecule has 0 bridgehead atoms. The number of benzene rings is 5. The summed E-state index contributed by atoms with van der Waals surface area (Å²) in [6.07, 6.45) is 0. The fraction of sp³-hybridized carbons (Fsp3) is 0.118. The molecule has 0 aromatic heterocycles. The third-order valence-corrected chi connectivity index (χ3v) is 5.89. The fourth-order valence-electron chi connectivity index (χ4n) is 3.59. The summed E-state index contributed by atoms with van der Waals surface area (Å²) in [6.45, 7) is 8.28. The maximum atomic E-state index is 5.83. The second-order valence-corrected chi connectivity index (χ2v) is 9.42. The molecule has 38 heavy (non-hydrogen) atoms. The zero-order valence-electron chi connectivity index (χ0n) is 22.7. The van der Waals surface area contributed by atoms with Crippen molar-refractivity contribution in [3.05, 3.63) is 144 Å². The van der Waals surface area contributed by atoms with Gasteiger partial charge in [-0.05, 0) is 100 Å². The van der Waals surface area contributed by atoms with E-state index in [-0.39, 0.29) is 0 Å². The number of anilines is 6. The number of rotatable bonds is 3. The van der Waals surface area contributed by atoms with Crippen LogP contribution >= 0.6 is 0 Å². The van der Waals surface area contributed by atoms with Crippen LogP contribution in [0.4, 0.5) is 34.1 Å². The predicted octanol–water partition coefficient (Wildman–Crippen LogP) is 8.51. The van der Waals surface area contributed by atoms with Gasteiger partial charge in [-0.2, -0.15) is 0 Å². The zero-order valence-corrected chi connectivity index (χ0v) is 22.7. The maximum absolute atomic E-state index is 5.83. The molecule has 194 valence electrons. The lowest BCUT2D eigenvalue weighted by Crippen LogP contribution is -2.09. The smallest absolute Gasteiger partial charge is 0.0463 e. The molecule has 0 aliphatic rings. The van der Waals surface area contributed by atoms with Gasteiger partial charge in [0, 0.05) is 34.1 Å². The quantitative estimate of drug-likeness (QED) is 0.216. The summed E-state index contributed by atoms with van der Waals surface area (Å²) in [5, 5.41) is 0. The summed E-state index contributed by atoms with van der Waals surface area (Å²) in [5.74, 6) is 0. The van der Waals surface area contributed by atoms with Crippen LogP contribution in [-0.4, -0.2) is 0 Å². The molecular formula is C34H38N4. The molecule has 5 rings (SSSR count). The van der Waals surface area contributed by atoms with Gasteiger partial charge >= 0.3 is 0 Å². The Labute approximate surface area is 227 Å². The summed E-state index contributed by atoms with van der Waals surface area (Å²) in [6, 6.07) is 40.7. The standard InChI is InChI=1S/C20H20N2.2C7H9N/c1-15-3-9-18(10-4-15)22(19-11-5-16(2)6-12-19)20-13-7-17(21)8-14-20;2*1-6-2-4-7(8)5-3-6/h3-14H,21H2,1-2H3;2*2-5H,8H2,1H3. The molecule has 0 amide bonds. The van der Waals surface area contributed by atoms with Crippen LogP contribution in [0.25, 0.3) is 0 Å². The van der Waals surface area contributed by atoms with E-state index in [4.69, 9.17) is 17.2 Å². The van der Waals surface area contributed by atoms with Crippen molar-refractivity contribution in [2.45, 2.75) is 27.7 Å². The van der Waals surface area contributed by atoms with E-state index in [1.807, 2.05) is 74.5 Å². The summed E-state index contributed by atoms with van der Waals surface area (Å²) in [7, 11) is 0.